The molecule has 12 heavy (non-hydrogen) atoms. The molecule has 1 heterocycles. The molecule has 70 valence electrons. The van der Waals surface area contributed by atoms with Crippen molar-refractivity contribution >= 4 is 16.6 Å². The molecule has 0 saturated carbocycles. The maximum atomic E-state index is 2.58. The van der Waals surface area contributed by atoms with Crippen molar-refractivity contribution in [3.05, 3.63) is 0 Å². The molecule has 0 aromatic carbocycles. The van der Waals surface area contributed by atoms with Gasteiger partial charge in [-0.25, -0.2) is 0 Å². The van der Waals surface area contributed by atoms with E-state index in [4.69, 9.17) is 0 Å². The van der Waals surface area contributed by atoms with Crippen molar-refractivity contribution in [2.45, 2.75) is 63.7 Å². The molecule has 0 bridgehead atoms. The third-order valence-electron chi connectivity index (χ3n) is 2.78. The Bertz CT molecular complexity index is 134. The van der Waals surface area contributed by atoms with Gasteiger partial charge in [0.05, 0.1) is 0 Å². The van der Waals surface area contributed by atoms with Gasteiger partial charge in [-0.05, 0) is 5.04 Å². The standard InChI is InChI=1S/C10H22Si2/c1-10(2)8-6-5-7-9-12(3,4)11-10/h5-9H2,1-4H3. The third kappa shape index (κ3) is 3.44. The van der Waals surface area contributed by atoms with E-state index in [-0.39, 0.29) is 0 Å². The Labute approximate surface area is 80.8 Å². The lowest BCUT2D eigenvalue weighted by Gasteiger charge is -2.35. The first kappa shape index (κ1) is 10.5. The Kier molecular flexibility index (Phi) is 3.21. The molecule has 1 rings (SSSR count). The highest BCUT2D eigenvalue weighted by atomic mass is 29.2. The van der Waals surface area contributed by atoms with Gasteiger partial charge in [0.2, 0.25) is 0 Å². The summed E-state index contributed by atoms with van der Waals surface area (Å²) in [5.41, 5.74) is 0. The lowest BCUT2D eigenvalue weighted by Crippen LogP contribution is -2.41. The van der Waals surface area contributed by atoms with Gasteiger partial charge >= 0.3 is 0 Å². The topological polar surface area (TPSA) is 0 Å². The van der Waals surface area contributed by atoms with E-state index in [0.717, 1.165) is 0 Å². The SMILES string of the molecule is CC1(C)CCCCC[Si](C)(C)[Si]1. The summed E-state index contributed by atoms with van der Waals surface area (Å²) < 4.78 is 0. The van der Waals surface area contributed by atoms with Gasteiger partial charge in [0.25, 0.3) is 0 Å². The molecule has 2 radical (unpaired) electrons. The van der Waals surface area contributed by atoms with Gasteiger partial charge in [0, 0.05) is 16.6 Å². The van der Waals surface area contributed by atoms with Crippen molar-refractivity contribution in [2.24, 2.45) is 0 Å². The minimum absolute atomic E-state index is 0.677. The van der Waals surface area contributed by atoms with Crippen LogP contribution in [0.15, 0.2) is 0 Å². The van der Waals surface area contributed by atoms with Crippen LogP contribution in [0.4, 0.5) is 0 Å². The van der Waals surface area contributed by atoms with Crippen LogP contribution in [0.2, 0.25) is 24.2 Å². The lowest BCUT2D eigenvalue weighted by atomic mass is 10.0. The van der Waals surface area contributed by atoms with Crippen LogP contribution >= 0.6 is 0 Å². The summed E-state index contributed by atoms with van der Waals surface area (Å²) in [5, 5.41) is 0.677. The smallest absolute Gasteiger partial charge is 0.0364 e. The molecule has 0 aromatic heterocycles. The van der Waals surface area contributed by atoms with Crippen LogP contribution in [0.1, 0.15) is 39.5 Å². The maximum Gasteiger partial charge on any atom is 0.0364 e. The van der Waals surface area contributed by atoms with Gasteiger partial charge in [-0.2, -0.15) is 0 Å². The summed E-state index contributed by atoms with van der Waals surface area (Å²) in [5.74, 6) is 0. The molecule has 0 unspecified atom stereocenters. The summed E-state index contributed by atoms with van der Waals surface area (Å²) in [6, 6.07) is 1.58. The molecule has 0 amide bonds. The zero-order valence-electron chi connectivity index (χ0n) is 9.04. The zero-order chi connectivity index (χ0) is 9.24. The molecular weight excluding hydrogens is 176 g/mol. The Balaban J connectivity index is 2.58. The van der Waals surface area contributed by atoms with Gasteiger partial charge in [-0.15, -0.1) is 0 Å². The minimum Gasteiger partial charge on any atom is -0.0717 e. The van der Waals surface area contributed by atoms with Gasteiger partial charge in [-0.3, -0.25) is 0 Å². The first-order valence-electron chi connectivity index (χ1n) is 5.21. The highest BCUT2D eigenvalue weighted by Crippen LogP contribution is 2.36. The molecule has 0 aliphatic carbocycles. The fraction of sp³-hybridized carbons (Fsp3) is 1.00. The molecule has 1 aliphatic rings. The van der Waals surface area contributed by atoms with Crippen molar-refractivity contribution in [2.75, 3.05) is 0 Å². The van der Waals surface area contributed by atoms with E-state index >= 15 is 0 Å². The van der Waals surface area contributed by atoms with Crippen LogP contribution < -0.4 is 0 Å². The van der Waals surface area contributed by atoms with Crippen molar-refractivity contribution in [3.63, 3.8) is 0 Å². The zero-order valence-corrected chi connectivity index (χ0v) is 11.0. The normalized spacial score (nSPS) is 29.0. The highest BCUT2D eigenvalue weighted by molar-refractivity contribution is 7.24. The Hall–Kier alpha value is 0.434. The molecule has 1 saturated heterocycles. The predicted molar refractivity (Wildman–Crippen MR) is 60.6 cm³/mol. The highest BCUT2D eigenvalue weighted by Gasteiger charge is 2.31. The van der Waals surface area contributed by atoms with E-state index in [1.54, 1.807) is 6.04 Å². The summed E-state index contributed by atoms with van der Waals surface area (Å²) in [7, 11) is 0.502. The maximum absolute atomic E-state index is 2.58. The Morgan fingerprint density at radius 3 is 2.42 bits per heavy atom. The lowest BCUT2D eigenvalue weighted by molar-refractivity contribution is 0.544. The van der Waals surface area contributed by atoms with Crippen molar-refractivity contribution in [1.29, 1.82) is 0 Å². The minimum atomic E-state index is -0.781. The quantitative estimate of drug-likeness (QED) is 0.521. The van der Waals surface area contributed by atoms with E-state index in [1.807, 2.05) is 0 Å². The van der Waals surface area contributed by atoms with E-state index in [1.165, 1.54) is 34.7 Å². The van der Waals surface area contributed by atoms with E-state index < -0.39 is 7.59 Å². The van der Waals surface area contributed by atoms with Crippen LogP contribution in [0.5, 0.6) is 0 Å². The second kappa shape index (κ2) is 3.66. The molecule has 1 aliphatic heterocycles. The summed E-state index contributed by atoms with van der Waals surface area (Å²) >= 11 is 0. The second-order valence-electron chi connectivity index (χ2n) is 5.45. The van der Waals surface area contributed by atoms with Crippen LogP contribution in [-0.2, 0) is 0 Å². The second-order valence-corrected chi connectivity index (χ2v) is 16.1. The van der Waals surface area contributed by atoms with E-state index in [9.17, 15) is 0 Å². The largest absolute Gasteiger partial charge is 0.0717 e. The molecular formula is C10H22Si2. The van der Waals surface area contributed by atoms with Crippen LogP contribution in [-0.4, -0.2) is 16.6 Å². The molecule has 0 atom stereocenters. The molecule has 1 fully saturated rings. The van der Waals surface area contributed by atoms with Crippen molar-refractivity contribution in [1.82, 2.24) is 0 Å². The average Bonchev–Trinajstić information content (AvgIpc) is 1.80. The number of hydrogen-bond acceptors (Lipinski definition) is 0. The average molecular weight is 198 g/mol. The molecule has 0 spiro atoms. The van der Waals surface area contributed by atoms with Crippen LogP contribution in [0.3, 0.4) is 0 Å². The number of hydrogen-bond donors (Lipinski definition) is 0. The van der Waals surface area contributed by atoms with E-state index in [0.29, 0.717) is 5.04 Å². The third-order valence-corrected chi connectivity index (χ3v) is 10.8. The Morgan fingerprint density at radius 2 is 1.75 bits per heavy atom. The van der Waals surface area contributed by atoms with E-state index in [2.05, 4.69) is 26.9 Å². The molecule has 0 N–H and O–H groups in total. The van der Waals surface area contributed by atoms with Crippen LogP contribution in [0, 0.1) is 0 Å². The first-order chi connectivity index (χ1) is 5.41. The predicted octanol–water partition coefficient (Wildman–Crippen LogP) is 3.67. The van der Waals surface area contributed by atoms with Gasteiger partial charge in [0.15, 0.2) is 0 Å². The fourth-order valence-corrected chi connectivity index (χ4v) is 12.5. The molecule has 0 nitrogen and oxygen atoms in total. The molecule has 2 heteroatoms. The van der Waals surface area contributed by atoms with Gasteiger partial charge < -0.3 is 0 Å². The van der Waals surface area contributed by atoms with Crippen molar-refractivity contribution < 1.29 is 0 Å². The van der Waals surface area contributed by atoms with Crippen molar-refractivity contribution in [3.8, 4) is 0 Å². The summed E-state index contributed by atoms with van der Waals surface area (Å²) in [4.78, 5) is 0. The Morgan fingerprint density at radius 1 is 1.08 bits per heavy atom. The van der Waals surface area contributed by atoms with Gasteiger partial charge in [-0.1, -0.05) is 58.7 Å². The van der Waals surface area contributed by atoms with Gasteiger partial charge in [0.1, 0.15) is 0 Å². The summed E-state index contributed by atoms with van der Waals surface area (Å²) in [6.45, 7) is 10.1. The van der Waals surface area contributed by atoms with Crippen LogP contribution in [0.25, 0.3) is 0 Å². The molecule has 0 aromatic rings. The summed E-state index contributed by atoms with van der Waals surface area (Å²) in [6.07, 6.45) is 5.96. The number of rotatable bonds is 0. The first-order valence-corrected chi connectivity index (χ1v) is 10.4. The monoisotopic (exact) mass is 198 g/mol. The fourth-order valence-electron chi connectivity index (χ4n) is 2.35.